The molecule has 0 amide bonds. The molecular formula is C8H4F3N2O. The lowest BCUT2D eigenvalue weighted by molar-refractivity contribution is -0.274. The van der Waals surface area contributed by atoms with Crippen molar-refractivity contribution in [3.8, 4) is 5.75 Å². The summed E-state index contributed by atoms with van der Waals surface area (Å²) in [5, 5.41) is 6.17. The first-order valence-corrected chi connectivity index (χ1v) is 3.67. The van der Waals surface area contributed by atoms with Gasteiger partial charge in [0, 0.05) is 0 Å². The minimum atomic E-state index is -4.70. The van der Waals surface area contributed by atoms with Crippen LogP contribution < -0.4 is 4.74 Å². The largest absolute Gasteiger partial charge is 0.573 e. The Kier molecular flexibility index (Phi) is 1.83. The summed E-state index contributed by atoms with van der Waals surface area (Å²) in [6.45, 7) is 0. The van der Waals surface area contributed by atoms with Gasteiger partial charge in [0.2, 0.25) is 0 Å². The molecule has 1 heterocycles. The standard InChI is InChI=1S/C8H4F3N2O/c9-8(10,11)14-7-3-1-2-6-5(7)4-12-13-6/h1-3H,(H,12,13). The minimum absolute atomic E-state index is 0.185. The van der Waals surface area contributed by atoms with Gasteiger partial charge >= 0.3 is 6.36 Å². The molecule has 3 nitrogen and oxygen atoms in total. The summed E-state index contributed by atoms with van der Waals surface area (Å²) in [5.41, 5.74) is 0.451. The van der Waals surface area contributed by atoms with Crippen LogP contribution in [0.5, 0.6) is 5.75 Å². The molecule has 0 spiro atoms. The van der Waals surface area contributed by atoms with E-state index in [9.17, 15) is 13.2 Å². The molecule has 0 aliphatic carbocycles. The Morgan fingerprint density at radius 3 is 2.86 bits per heavy atom. The zero-order valence-electron chi connectivity index (χ0n) is 6.72. The van der Waals surface area contributed by atoms with Crippen molar-refractivity contribution >= 4 is 10.9 Å². The number of fused-ring (bicyclic) bond motifs is 1. The molecule has 2 rings (SSSR count). The second kappa shape index (κ2) is 2.90. The van der Waals surface area contributed by atoms with Crippen LogP contribution in [0.4, 0.5) is 13.2 Å². The van der Waals surface area contributed by atoms with Crippen molar-refractivity contribution in [1.29, 1.82) is 0 Å². The summed E-state index contributed by atoms with van der Waals surface area (Å²) in [5.74, 6) is -0.302. The van der Waals surface area contributed by atoms with E-state index in [1.165, 1.54) is 12.1 Å². The third-order valence-electron chi connectivity index (χ3n) is 1.60. The Labute approximate surface area is 76.5 Å². The number of nitrogens with zero attached hydrogens (tertiary/aromatic N) is 1. The quantitative estimate of drug-likeness (QED) is 0.768. The first-order chi connectivity index (χ1) is 6.56. The Bertz CT molecular complexity index is 449. The molecule has 0 aliphatic rings. The van der Waals surface area contributed by atoms with Crippen LogP contribution in [0.25, 0.3) is 10.9 Å². The summed E-state index contributed by atoms with van der Waals surface area (Å²) >= 11 is 0. The number of aromatic nitrogens is 2. The molecule has 0 aliphatic heterocycles. The third kappa shape index (κ3) is 1.63. The molecule has 2 aromatic rings. The van der Waals surface area contributed by atoms with Crippen LogP contribution in [-0.4, -0.2) is 16.6 Å². The fraction of sp³-hybridized carbons (Fsp3) is 0.125. The average molecular weight is 201 g/mol. The zero-order chi connectivity index (χ0) is 10.2. The van der Waals surface area contributed by atoms with Gasteiger partial charge in [-0.25, -0.2) is 0 Å². The molecule has 0 bridgehead atoms. The molecule has 0 atom stereocenters. The van der Waals surface area contributed by atoms with Gasteiger partial charge in [0.05, 0.1) is 10.9 Å². The van der Waals surface area contributed by atoms with Crippen molar-refractivity contribution in [1.82, 2.24) is 10.2 Å². The molecule has 1 radical (unpaired) electrons. The van der Waals surface area contributed by atoms with E-state index in [2.05, 4.69) is 21.1 Å². The molecule has 1 aromatic carbocycles. The van der Waals surface area contributed by atoms with E-state index in [4.69, 9.17) is 0 Å². The van der Waals surface area contributed by atoms with Crippen LogP contribution in [-0.2, 0) is 0 Å². The lowest BCUT2D eigenvalue weighted by Gasteiger charge is -2.08. The monoisotopic (exact) mass is 201 g/mol. The number of nitrogens with one attached hydrogen (secondary N) is 1. The predicted molar refractivity (Wildman–Crippen MR) is 41.6 cm³/mol. The number of hydrogen-bond donors (Lipinski definition) is 1. The minimum Gasteiger partial charge on any atom is -0.405 e. The lowest BCUT2D eigenvalue weighted by atomic mass is 10.2. The molecule has 73 valence electrons. The Morgan fingerprint density at radius 1 is 1.36 bits per heavy atom. The number of halogens is 3. The van der Waals surface area contributed by atoms with Gasteiger partial charge in [0.25, 0.3) is 0 Å². The SMILES string of the molecule is FC(F)(F)Oc1cccc2[nH]n[c]c12. The lowest BCUT2D eigenvalue weighted by Crippen LogP contribution is -2.17. The second-order valence-corrected chi connectivity index (χ2v) is 2.56. The van der Waals surface area contributed by atoms with Crippen LogP contribution in [0.1, 0.15) is 0 Å². The summed E-state index contributed by atoms with van der Waals surface area (Å²) in [7, 11) is 0. The molecule has 0 saturated heterocycles. The number of benzene rings is 1. The highest BCUT2D eigenvalue weighted by Crippen LogP contribution is 2.28. The van der Waals surface area contributed by atoms with Crippen LogP contribution in [0.15, 0.2) is 18.2 Å². The van der Waals surface area contributed by atoms with Gasteiger partial charge in [0.15, 0.2) is 0 Å². The Balaban J connectivity index is 2.46. The van der Waals surface area contributed by atoms with E-state index in [1.807, 2.05) is 0 Å². The maximum absolute atomic E-state index is 11.9. The number of hydrogen-bond acceptors (Lipinski definition) is 2. The van der Waals surface area contributed by atoms with E-state index in [0.29, 0.717) is 5.52 Å². The first kappa shape index (κ1) is 8.86. The van der Waals surface area contributed by atoms with Gasteiger partial charge in [-0.3, -0.25) is 5.10 Å². The van der Waals surface area contributed by atoms with Crippen LogP contribution in [0, 0.1) is 6.20 Å². The van der Waals surface area contributed by atoms with E-state index >= 15 is 0 Å². The van der Waals surface area contributed by atoms with Crippen LogP contribution >= 0.6 is 0 Å². The molecule has 0 fully saturated rings. The van der Waals surface area contributed by atoms with E-state index < -0.39 is 6.36 Å². The highest BCUT2D eigenvalue weighted by molar-refractivity contribution is 5.83. The van der Waals surface area contributed by atoms with Gasteiger partial charge in [-0.2, -0.15) is 5.10 Å². The molecular weight excluding hydrogens is 197 g/mol. The van der Waals surface area contributed by atoms with Gasteiger partial charge in [-0.1, -0.05) is 6.07 Å². The van der Waals surface area contributed by atoms with Crippen molar-refractivity contribution in [2.24, 2.45) is 0 Å². The fourth-order valence-corrected chi connectivity index (χ4v) is 1.09. The maximum atomic E-state index is 11.9. The van der Waals surface area contributed by atoms with Crippen LogP contribution in [0.3, 0.4) is 0 Å². The normalized spacial score (nSPS) is 11.9. The summed E-state index contributed by atoms with van der Waals surface area (Å²) < 4.78 is 39.5. The Hall–Kier alpha value is -1.72. The molecule has 1 N–H and O–H groups in total. The smallest absolute Gasteiger partial charge is 0.405 e. The van der Waals surface area contributed by atoms with Gasteiger partial charge in [-0.15, -0.1) is 13.2 Å². The highest BCUT2D eigenvalue weighted by Gasteiger charge is 2.31. The van der Waals surface area contributed by atoms with Crippen molar-refractivity contribution in [3.63, 3.8) is 0 Å². The molecule has 0 saturated carbocycles. The number of aromatic amines is 1. The van der Waals surface area contributed by atoms with Crippen molar-refractivity contribution in [2.75, 3.05) is 0 Å². The number of ether oxygens (including phenoxy) is 1. The highest BCUT2D eigenvalue weighted by atomic mass is 19.4. The van der Waals surface area contributed by atoms with Gasteiger partial charge in [-0.05, 0) is 12.1 Å². The summed E-state index contributed by atoms with van der Waals surface area (Å²) in [6.07, 6.45) is -2.31. The van der Waals surface area contributed by atoms with Crippen molar-refractivity contribution in [3.05, 3.63) is 24.4 Å². The second-order valence-electron chi connectivity index (χ2n) is 2.56. The zero-order valence-corrected chi connectivity index (χ0v) is 6.72. The number of H-pyrrole nitrogens is 1. The number of alkyl halides is 3. The van der Waals surface area contributed by atoms with E-state index in [1.54, 1.807) is 6.07 Å². The molecule has 14 heavy (non-hydrogen) atoms. The number of rotatable bonds is 1. The van der Waals surface area contributed by atoms with Crippen LogP contribution in [0.2, 0.25) is 0 Å². The predicted octanol–water partition coefficient (Wildman–Crippen LogP) is 2.26. The van der Waals surface area contributed by atoms with E-state index in [-0.39, 0.29) is 11.1 Å². The van der Waals surface area contributed by atoms with Crippen molar-refractivity contribution < 1.29 is 17.9 Å². The molecule has 1 aromatic heterocycles. The fourth-order valence-electron chi connectivity index (χ4n) is 1.09. The first-order valence-electron chi connectivity index (χ1n) is 3.67. The summed E-state index contributed by atoms with van der Waals surface area (Å²) in [6, 6.07) is 4.24. The average Bonchev–Trinajstić information content (AvgIpc) is 2.49. The third-order valence-corrected chi connectivity index (χ3v) is 1.60. The summed E-state index contributed by atoms with van der Waals surface area (Å²) in [4.78, 5) is 0. The van der Waals surface area contributed by atoms with E-state index in [0.717, 1.165) is 0 Å². The van der Waals surface area contributed by atoms with Gasteiger partial charge < -0.3 is 4.74 Å². The Morgan fingerprint density at radius 2 is 2.14 bits per heavy atom. The van der Waals surface area contributed by atoms with Crippen molar-refractivity contribution in [2.45, 2.75) is 6.36 Å². The maximum Gasteiger partial charge on any atom is 0.573 e. The van der Waals surface area contributed by atoms with Gasteiger partial charge in [0.1, 0.15) is 11.9 Å². The topological polar surface area (TPSA) is 37.9 Å². The molecule has 0 unspecified atom stereocenters. The molecule has 6 heteroatoms.